The average Bonchev–Trinajstić information content (AvgIpc) is 3.21. The second kappa shape index (κ2) is 7.22. The Bertz CT molecular complexity index is 684. The van der Waals surface area contributed by atoms with Crippen LogP contribution < -0.4 is 0 Å². The zero-order valence-corrected chi connectivity index (χ0v) is 15.3. The number of nitrogens with zero attached hydrogens (tertiary/aromatic N) is 3. The van der Waals surface area contributed by atoms with Crippen molar-refractivity contribution >= 4 is 11.8 Å². The van der Waals surface area contributed by atoms with Gasteiger partial charge in [0.15, 0.2) is 0 Å². The van der Waals surface area contributed by atoms with E-state index in [9.17, 15) is 9.59 Å². The number of carbonyl (C=O) groups is 2. The maximum Gasteiger partial charge on any atom is 0.229 e. The number of allylic oxidation sites excluding steroid dienone is 2. The summed E-state index contributed by atoms with van der Waals surface area (Å²) in [5.41, 5.74) is 0.877. The van der Waals surface area contributed by atoms with Gasteiger partial charge in [0.25, 0.3) is 0 Å². The van der Waals surface area contributed by atoms with Crippen LogP contribution in [0.1, 0.15) is 44.1 Å². The van der Waals surface area contributed by atoms with Gasteiger partial charge in [0.1, 0.15) is 0 Å². The van der Waals surface area contributed by atoms with Crippen LogP contribution in [0.15, 0.2) is 36.7 Å². The Morgan fingerprint density at radius 3 is 2.46 bits per heavy atom. The Kier molecular flexibility index (Phi) is 4.79. The third kappa shape index (κ3) is 3.27. The van der Waals surface area contributed by atoms with Gasteiger partial charge in [0.05, 0.1) is 5.41 Å². The van der Waals surface area contributed by atoms with Gasteiger partial charge in [-0.05, 0) is 56.2 Å². The molecular formula is C21H27N3O2. The molecule has 138 valence electrons. The summed E-state index contributed by atoms with van der Waals surface area (Å²) in [5.74, 6) is 0.700. The van der Waals surface area contributed by atoms with Crippen molar-refractivity contribution in [2.75, 3.05) is 19.6 Å². The quantitative estimate of drug-likeness (QED) is 0.785. The summed E-state index contributed by atoms with van der Waals surface area (Å²) < 4.78 is 0. The van der Waals surface area contributed by atoms with Crippen molar-refractivity contribution in [1.82, 2.24) is 14.8 Å². The summed E-state index contributed by atoms with van der Waals surface area (Å²) in [7, 11) is 0. The van der Waals surface area contributed by atoms with Crippen molar-refractivity contribution in [3.8, 4) is 0 Å². The summed E-state index contributed by atoms with van der Waals surface area (Å²) in [5, 5.41) is 0. The predicted molar refractivity (Wildman–Crippen MR) is 99.0 cm³/mol. The van der Waals surface area contributed by atoms with Gasteiger partial charge in [0, 0.05) is 44.5 Å². The van der Waals surface area contributed by atoms with Crippen LogP contribution in [0.25, 0.3) is 0 Å². The summed E-state index contributed by atoms with van der Waals surface area (Å²) >= 11 is 0. The Hall–Kier alpha value is -2.17. The van der Waals surface area contributed by atoms with Gasteiger partial charge < -0.3 is 9.80 Å². The Labute approximate surface area is 155 Å². The SMILES string of the molecule is O=C(C1CC=CC1)N1CCC2(CCCN(Cc3ccncc3)C2=O)CC1. The first-order valence-electron chi connectivity index (χ1n) is 9.80. The van der Waals surface area contributed by atoms with Crippen molar-refractivity contribution in [2.45, 2.75) is 45.1 Å². The molecule has 0 aromatic carbocycles. The van der Waals surface area contributed by atoms with E-state index in [0.29, 0.717) is 6.54 Å². The summed E-state index contributed by atoms with van der Waals surface area (Å²) in [6.45, 7) is 2.95. The van der Waals surface area contributed by atoms with Crippen molar-refractivity contribution in [3.05, 3.63) is 42.2 Å². The molecule has 1 spiro atoms. The standard InChI is InChI=1S/C21H27N3O2/c25-19(18-4-1-2-5-18)23-14-9-21(10-15-23)8-3-13-24(20(21)26)16-17-6-11-22-12-7-17/h1-2,6-7,11-12,18H,3-5,8-10,13-16H2. The molecule has 1 aliphatic carbocycles. The van der Waals surface area contributed by atoms with E-state index in [2.05, 4.69) is 17.1 Å². The molecule has 1 aromatic rings. The minimum atomic E-state index is -0.254. The van der Waals surface area contributed by atoms with E-state index in [0.717, 1.165) is 63.7 Å². The first-order chi connectivity index (χ1) is 12.7. The van der Waals surface area contributed by atoms with Crippen LogP contribution in [0.3, 0.4) is 0 Å². The molecule has 2 aliphatic heterocycles. The third-order valence-electron chi connectivity index (χ3n) is 6.34. The predicted octanol–water partition coefficient (Wildman–Crippen LogP) is 2.78. The fourth-order valence-corrected chi connectivity index (χ4v) is 4.71. The van der Waals surface area contributed by atoms with Crippen LogP contribution in [-0.2, 0) is 16.1 Å². The number of hydrogen-bond acceptors (Lipinski definition) is 3. The lowest BCUT2D eigenvalue weighted by Crippen LogP contribution is -2.54. The molecule has 1 aromatic heterocycles. The van der Waals surface area contributed by atoms with Gasteiger partial charge in [-0.2, -0.15) is 0 Å². The largest absolute Gasteiger partial charge is 0.342 e. The van der Waals surface area contributed by atoms with Gasteiger partial charge in [0.2, 0.25) is 11.8 Å². The van der Waals surface area contributed by atoms with Gasteiger partial charge in [-0.1, -0.05) is 12.2 Å². The van der Waals surface area contributed by atoms with Crippen LogP contribution in [0, 0.1) is 11.3 Å². The second-order valence-corrected chi connectivity index (χ2v) is 7.93. The number of hydrogen-bond donors (Lipinski definition) is 0. The lowest BCUT2D eigenvalue weighted by atomic mass is 9.71. The Morgan fingerprint density at radius 2 is 1.77 bits per heavy atom. The lowest BCUT2D eigenvalue weighted by Gasteiger charge is -2.46. The maximum absolute atomic E-state index is 13.2. The van der Waals surface area contributed by atoms with Crippen LogP contribution in [0.5, 0.6) is 0 Å². The first-order valence-corrected chi connectivity index (χ1v) is 9.80. The van der Waals surface area contributed by atoms with E-state index in [4.69, 9.17) is 0 Å². The molecule has 26 heavy (non-hydrogen) atoms. The molecule has 0 N–H and O–H groups in total. The van der Waals surface area contributed by atoms with Gasteiger partial charge in [-0.25, -0.2) is 0 Å². The fourth-order valence-electron chi connectivity index (χ4n) is 4.71. The molecule has 5 heteroatoms. The second-order valence-electron chi connectivity index (χ2n) is 7.93. The molecular weight excluding hydrogens is 326 g/mol. The lowest BCUT2D eigenvalue weighted by molar-refractivity contribution is -0.154. The minimum absolute atomic E-state index is 0.134. The molecule has 0 bridgehead atoms. The highest BCUT2D eigenvalue weighted by Gasteiger charge is 2.46. The highest BCUT2D eigenvalue weighted by Crippen LogP contribution is 2.41. The van der Waals surface area contributed by atoms with E-state index < -0.39 is 0 Å². The molecule has 5 nitrogen and oxygen atoms in total. The van der Waals surface area contributed by atoms with Gasteiger partial charge >= 0.3 is 0 Å². The molecule has 2 fully saturated rings. The number of piperidine rings is 2. The van der Waals surface area contributed by atoms with E-state index in [1.807, 2.05) is 21.9 Å². The van der Waals surface area contributed by atoms with Crippen molar-refractivity contribution in [1.29, 1.82) is 0 Å². The van der Waals surface area contributed by atoms with Crippen molar-refractivity contribution in [2.24, 2.45) is 11.3 Å². The van der Waals surface area contributed by atoms with E-state index in [-0.39, 0.29) is 23.1 Å². The summed E-state index contributed by atoms with van der Waals surface area (Å²) in [6.07, 6.45) is 13.2. The van der Waals surface area contributed by atoms with Crippen LogP contribution in [0.2, 0.25) is 0 Å². The molecule has 0 saturated carbocycles. The van der Waals surface area contributed by atoms with Gasteiger partial charge in [-0.3, -0.25) is 14.6 Å². The molecule has 0 atom stereocenters. The number of pyridine rings is 1. The first kappa shape index (κ1) is 17.3. The molecule has 2 saturated heterocycles. The molecule has 0 radical (unpaired) electrons. The zero-order chi connectivity index (χ0) is 18.0. The molecule has 0 unspecified atom stereocenters. The van der Waals surface area contributed by atoms with Crippen LogP contribution in [0.4, 0.5) is 0 Å². The molecule has 2 amide bonds. The van der Waals surface area contributed by atoms with Crippen LogP contribution in [-0.4, -0.2) is 46.2 Å². The fraction of sp³-hybridized carbons (Fsp3) is 0.571. The third-order valence-corrected chi connectivity index (χ3v) is 6.34. The zero-order valence-electron chi connectivity index (χ0n) is 15.3. The monoisotopic (exact) mass is 353 g/mol. The maximum atomic E-state index is 13.2. The number of likely N-dealkylation sites (tertiary alicyclic amines) is 2. The Morgan fingerprint density at radius 1 is 1.08 bits per heavy atom. The number of carbonyl (C=O) groups excluding carboxylic acids is 2. The normalized spacial score (nSPS) is 23.0. The molecule has 3 aliphatic rings. The number of aromatic nitrogens is 1. The summed E-state index contributed by atoms with van der Waals surface area (Å²) in [4.78, 5) is 33.9. The van der Waals surface area contributed by atoms with E-state index >= 15 is 0 Å². The number of amides is 2. The van der Waals surface area contributed by atoms with E-state index in [1.54, 1.807) is 12.4 Å². The van der Waals surface area contributed by atoms with Crippen LogP contribution >= 0.6 is 0 Å². The summed E-state index contributed by atoms with van der Waals surface area (Å²) in [6, 6.07) is 3.96. The van der Waals surface area contributed by atoms with E-state index in [1.165, 1.54) is 0 Å². The molecule has 4 rings (SSSR count). The molecule has 3 heterocycles. The van der Waals surface area contributed by atoms with Crippen molar-refractivity contribution < 1.29 is 9.59 Å². The van der Waals surface area contributed by atoms with Gasteiger partial charge in [-0.15, -0.1) is 0 Å². The average molecular weight is 353 g/mol. The topological polar surface area (TPSA) is 53.5 Å². The highest BCUT2D eigenvalue weighted by atomic mass is 16.2. The Balaban J connectivity index is 1.39. The smallest absolute Gasteiger partial charge is 0.229 e. The van der Waals surface area contributed by atoms with Crippen molar-refractivity contribution in [3.63, 3.8) is 0 Å². The minimum Gasteiger partial charge on any atom is -0.342 e. The number of rotatable bonds is 3. The highest BCUT2D eigenvalue weighted by molar-refractivity contribution is 5.84.